The molecular weight excluding hydrogens is 368 g/mol. The number of fused-ring (bicyclic) bond motifs is 2. The number of benzene rings is 1. The van der Waals surface area contributed by atoms with Crippen molar-refractivity contribution in [2.75, 3.05) is 13.1 Å². The second-order valence-corrected chi connectivity index (χ2v) is 8.22. The zero-order chi connectivity index (χ0) is 19.3. The third kappa shape index (κ3) is 2.95. The molecule has 0 bridgehead atoms. The molecule has 3 aromatic heterocycles. The van der Waals surface area contributed by atoms with E-state index in [1.165, 1.54) is 16.9 Å². The molecule has 5 rings (SSSR count). The molecule has 5 nitrogen and oxygen atoms in total. The summed E-state index contributed by atoms with van der Waals surface area (Å²) < 4.78 is 2.06. The minimum absolute atomic E-state index is 0.0759. The Hall–Kier alpha value is -2.83. The van der Waals surface area contributed by atoms with Crippen molar-refractivity contribution in [1.82, 2.24) is 19.7 Å². The van der Waals surface area contributed by atoms with E-state index in [0.29, 0.717) is 0 Å². The first-order chi connectivity index (χ1) is 13.6. The van der Waals surface area contributed by atoms with Gasteiger partial charge in [0.1, 0.15) is 0 Å². The van der Waals surface area contributed by atoms with Gasteiger partial charge in [0.15, 0.2) is 5.65 Å². The molecule has 1 aliphatic heterocycles. The van der Waals surface area contributed by atoms with Crippen LogP contribution >= 0.6 is 11.3 Å². The van der Waals surface area contributed by atoms with Crippen LogP contribution in [0.2, 0.25) is 0 Å². The first-order valence-electron chi connectivity index (χ1n) is 9.40. The van der Waals surface area contributed by atoms with Crippen LogP contribution in [-0.2, 0) is 0 Å². The highest BCUT2D eigenvalue weighted by molar-refractivity contribution is 7.13. The summed E-state index contributed by atoms with van der Waals surface area (Å²) in [6.45, 7) is 5.80. The van der Waals surface area contributed by atoms with Crippen LogP contribution in [0.1, 0.15) is 23.4 Å². The summed E-state index contributed by atoms with van der Waals surface area (Å²) >= 11 is 1.26. The lowest BCUT2D eigenvalue weighted by molar-refractivity contribution is 0.739. The number of rotatable bonds is 2. The summed E-state index contributed by atoms with van der Waals surface area (Å²) in [7, 11) is 0. The molecule has 4 aromatic rings. The van der Waals surface area contributed by atoms with Crippen molar-refractivity contribution in [3.63, 3.8) is 0 Å². The van der Waals surface area contributed by atoms with Gasteiger partial charge in [0, 0.05) is 24.3 Å². The van der Waals surface area contributed by atoms with Crippen molar-refractivity contribution in [3.05, 3.63) is 69.2 Å². The van der Waals surface area contributed by atoms with Crippen molar-refractivity contribution < 1.29 is 0 Å². The van der Waals surface area contributed by atoms with Crippen molar-refractivity contribution in [2.24, 2.45) is 0 Å². The Bertz CT molecular complexity index is 1320. The van der Waals surface area contributed by atoms with Gasteiger partial charge in [-0.2, -0.15) is 0 Å². The number of aromatic nitrogens is 3. The minimum atomic E-state index is 0.0759. The summed E-state index contributed by atoms with van der Waals surface area (Å²) in [5, 5.41) is 5.07. The average molecular weight is 388 g/mol. The molecule has 1 N–H and O–H groups in total. The molecule has 28 heavy (non-hydrogen) atoms. The van der Waals surface area contributed by atoms with Crippen molar-refractivity contribution in [1.29, 1.82) is 0 Å². The van der Waals surface area contributed by atoms with Crippen LogP contribution in [0.4, 0.5) is 0 Å². The van der Waals surface area contributed by atoms with Crippen LogP contribution in [-0.4, -0.2) is 27.5 Å². The molecule has 0 fully saturated rings. The predicted octanol–water partition coefficient (Wildman–Crippen LogP) is 3.96. The molecule has 0 spiro atoms. The summed E-state index contributed by atoms with van der Waals surface area (Å²) in [6, 6.07) is 8.28. The Morgan fingerprint density at radius 2 is 2.04 bits per heavy atom. The molecule has 1 aliphatic rings. The molecule has 0 aliphatic carbocycles. The third-order valence-electron chi connectivity index (χ3n) is 5.18. The van der Waals surface area contributed by atoms with Gasteiger partial charge < -0.3 is 9.72 Å². The summed E-state index contributed by atoms with van der Waals surface area (Å²) in [6.07, 6.45) is 7.14. The third-order valence-corrected chi connectivity index (χ3v) is 6.13. The van der Waals surface area contributed by atoms with E-state index in [2.05, 4.69) is 34.6 Å². The quantitative estimate of drug-likeness (QED) is 0.565. The zero-order valence-electron chi connectivity index (χ0n) is 15.8. The Kier molecular flexibility index (Phi) is 4.10. The average Bonchev–Trinajstić information content (AvgIpc) is 3.13. The van der Waals surface area contributed by atoms with Gasteiger partial charge in [0.05, 0.1) is 22.0 Å². The lowest BCUT2D eigenvalue weighted by Gasteiger charge is -2.14. The van der Waals surface area contributed by atoms with Gasteiger partial charge in [-0.3, -0.25) is 9.78 Å². The molecule has 140 valence electrons. The maximum absolute atomic E-state index is 12.9. The molecule has 1 aromatic carbocycles. The normalized spacial score (nSPS) is 14.6. The number of imidazole rings is 1. The van der Waals surface area contributed by atoms with Gasteiger partial charge in [-0.05, 0) is 55.5 Å². The van der Waals surface area contributed by atoms with Gasteiger partial charge in [0.2, 0.25) is 4.74 Å². The fraction of sp³-hybridized carbons (Fsp3) is 0.227. The monoisotopic (exact) mass is 388 g/mol. The highest BCUT2D eigenvalue weighted by Crippen LogP contribution is 2.28. The molecule has 0 saturated carbocycles. The second-order valence-electron chi connectivity index (χ2n) is 7.21. The van der Waals surface area contributed by atoms with Crippen molar-refractivity contribution >= 4 is 33.3 Å². The van der Waals surface area contributed by atoms with Crippen LogP contribution in [0.15, 0.2) is 47.5 Å². The number of hydrogen-bond donors (Lipinski definition) is 1. The number of nitrogens with one attached hydrogen (secondary N) is 1. The van der Waals surface area contributed by atoms with Gasteiger partial charge >= 0.3 is 0 Å². The Balaban J connectivity index is 1.63. The van der Waals surface area contributed by atoms with E-state index in [0.717, 1.165) is 63.5 Å². The fourth-order valence-corrected chi connectivity index (χ4v) is 4.69. The standard InChI is InChI=1S/C22H20N4OS/c1-13-11-26-12-19(25-21(26)14(2)24-13)20-10-17-4-3-16(9-18(17)22(27)28-20)15-5-7-23-8-6-15/h3-5,9-12,23H,6-8H2,1-2H3. The minimum Gasteiger partial charge on any atom is -0.313 e. The first-order valence-corrected chi connectivity index (χ1v) is 10.2. The Morgan fingerprint density at radius 1 is 1.14 bits per heavy atom. The maximum Gasteiger partial charge on any atom is 0.240 e. The van der Waals surface area contributed by atoms with Crippen LogP contribution in [0.5, 0.6) is 0 Å². The lowest BCUT2D eigenvalue weighted by Crippen LogP contribution is -2.20. The highest BCUT2D eigenvalue weighted by atomic mass is 32.1. The van der Waals surface area contributed by atoms with Gasteiger partial charge in [0.25, 0.3) is 0 Å². The van der Waals surface area contributed by atoms with Crippen LogP contribution in [0.25, 0.3) is 32.6 Å². The predicted molar refractivity (Wildman–Crippen MR) is 115 cm³/mol. The van der Waals surface area contributed by atoms with E-state index in [4.69, 9.17) is 4.98 Å². The van der Waals surface area contributed by atoms with E-state index in [9.17, 15) is 4.79 Å². The topological polar surface area (TPSA) is 59.3 Å². The molecule has 0 radical (unpaired) electrons. The smallest absolute Gasteiger partial charge is 0.240 e. The Labute approximate surface area is 166 Å². The summed E-state index contributed by atoms with van der Waals surface area (Å²) in [5.41, 5.74) is 5.93. The second kappa shape index (κ2) is 6.65. The number of aryl methyl sites for hydroxylation is 2. The highest BCUT2D eigenvalue weighted by Gasteiger charge is 2.13. The summed E-state index contributed by atoms with van der Waals surface area (Å²) in [4.78, 5) is 23.0. The lowest BCUT2D eigenvalue weighted by atomic mass is 9.98. The van der Waals surface area contributed by atoms with Crippen LogP contribution in [0.3, 0.4) is 0 Å². The largest absolute Gasteiger partial charge is 0.313 e. The first kappa shape index (κ1) is 17.3. The van der Waals surface area contributed by atoms with Crippen molar-refractivity contribution in [3.8, 4) is 10.6 Å². The van der Waals surface area contributed by atoms with E-state index in [-0.39, 0.29) is 4.74 Å². The fourth-order valence-electron chi connectivity index (χ4n) is 3.82. The number of hydrogen-bond acceptors (Lipinski definition) is 5. The maximum atomic E-state index is 12.9. The number of nitrogens with zero attached hydrogens (tertiary/aromatic N) is 3. The molecule has 0 atom stereocenters. The van der Waals surface area contributed by atoms with Crippen LogP contribution in [0, 0.1) is 13.8 Å². The van der Waals surface area contributed by atoms with E-state index in [1.54, 1.807) is 0 Å². The molecule has 0 amide bonds. The van der Waals surface area contributed by atoms with Crippen LogP contribution < -0.4 is 10.1 Å². The SMILES string of the molecule is Cc1cn2cc(-c3cc4ccc(C5=CCNCC5)cc4c(=O)s3)nc2c(C)n1. The molecule has 0 unspecified atom stereocenters. The van der Waals surface area contributed by atoms with Gasteiger partial charge in [-0.25, -0.2) is 4.98 Å². The molecular formula is C22H20N4OS. The van der Waals surface area contributed by atoms with E-state index >= 15 is 0 Å². The van der Waals surface area contributed by atoms with Gasteiger partial charge in [-0.1, -0.05) is 29.5 Å². The molecule has 0 saturated heterocycles. The zero-order valence-corrected chi connectivity index (χ0v) is 16.6. The molecule has 4 heterocycles. The van der Waals surface area contributed by atoms with Crippen molar-refractivity contribution in [2.45, 2.75) is 20.3 Å². The van der Waals surface area contributed by atoms with E-state index in [1.807, 2.05) is 36.7 Å². The Morgan fingerprint density at radius 3 is 2.86 bits per heavy atom. The summed E-state index contributed by atoms with van der Waals surface area (Å²) in [5.74, 6) is 0. The van der Waals surface area contributed by atoms with Gasteiger partial charge in [-0.15, -0.1) is 0 Å². The molecule has 6 heteroatoms. The van der Waals surface area contributed by atoms with E-state index < -0.39 is 0 Å².